The molecule has 168 valence electrons. The van der Waals surface area contributed by atoms with Crippen molar-refractivity contribution in [2.75, 3.05) is 16.8 Å². The molecule has 1 N–H and O–H groups in total. The molecule has 1 aliphatic heterocycles. The maximum absolute atomic E-state index is 13.1. The van der Waals surface area contributed by atoms with Crippen LogP contribution in [0.4, 0.5) is 24.5 Å². The summed E-state index contributed by atoms with van der Waals surface area (Å²) in [6, 6.07) is 11.2. The molecule has 0 saturated heterocycles. The zero-order valence-corrected chi connectivity index (χ0v) is 17.5. The molecule has 1 aromatic heterocycles. The lowest BCUT2D eigenvalue weighted by atomic mass is 10.0. The Morgan fingerprint density at radius 3 is 2.55 bits per heavy atom. The second-order valence-corrected chi connectivity index (χ2v) is 7.42. The van der Waals surface area contributed by atoms with E-state index in [0.717, 1.165) is 17.7 Å². The highest BCUT2D eigenvalue weighted by molar-refractivity contribution is 6.13. The third-order valence-corrected chi connectivity index (χ3v) is 5.45. The first-order chi connectivity index (χ1) is 15.7. The van der Waals surface area contributed by atoms with Crippen molar-refractivity contribution in [3.63, 3.8) is 0 Å². The molecule has 7 nitrogen and oxygen atoms in total. The van der Waals surface area contributed by atoms with Crippen LogP contribution >= 0.6 is 0 Å². The average Bonchev–Trinajstić information content (AvgIpc) is 3.21. The van der Waals surface area contributed by atoms with E-state index in [-0.39, 0.29) is 23.5 Å². The van der Waals surface area contributed by atoms with E-state index in [0.29, 0.717) is 24.2 Å². The molecule has 0 spiro atoms. The fraction of sp³-hybridized carbons (Fsp3) is 0.217. The first-order valence-corrected chi connectivity index (χ1v) is 10.1. The first kappa shape index (κ1) is 22.1. The zero-order chi connectivity index (χ0) is 23.8. The highest BCUT2D eigenvalue weighted by Gasteiger charge is 2.33. The number of benzene rings is 2. The summed E-state index contributed by atoms with van der Waals surface area (Å²) in [6.45, 7) is 2.43. The summed E-state index contributed by atoms with van der Waals surface area (Å²) in [5, 5.41) is 16.1. The Kier molecular flexibility index (Phi) is 5.64. The smallest absolute Gasteiger partial charge is 0.319 e. The van der Waals surface area contributed by atoms with Gasteiger partial charge in [-0.3, -0.25) is 14.3 Å². The Morgan fingerprint density at radius 1 is 1.18 bits per heavy atom. The molecule has 1 aliphatic rings. The predicted molar refractivity (Wildman–Crippen MR) is 114 cm³/mol. The molecule has 4 rings (SSSR count). The van der Waals surface area contributed by atoms with Crippen LogP contribution in [0.15, 0.2) is 48.7 Å². The SMILES string of the molecule is CCc1ccc(C(=O)Nc2cnn3c2C(=O)N(c2ccc(C(F)(F)F)cc2)CC3)cc1C#N. The number of hydrogen-bond donors (Lipinski definition) is 1. The normalized spacial score (nSPS) is 13.4. The van der Waals surface area contributed by atoms with Crippen molar-refractivity contribution >= 4 is 23.2 Å². The number of nitrogens with one attached hydrogen (secondary N) is 1. The summed E-state index contributed by atoms with van der Waals surface area (Å²) in [5.41, 5.74) is 1.28. The number of aromatic nitrogens is 2. The molecule has 0 fully saturated rings. The van der Waals surface area contributed by atoms with Crippen LogP contribution in [-0.2, 0) is 19.1 Å². The number of anilines is 2. The van der Waals surface area contributed by atoms with Crippen LogP contribution in [-0.4, -0.2) is 28.1 Å². The maximum atomic E-state index is 13.1. The van der Waals surface area contributed by atoms with Gasteiger partial charge in [-0.05, 0) is 48.4 Å². The highest BCUT2D eigenvalue weighted by atomic mass is 19.4. The Bertz CT molecular complexity index is 1270. The van der Waals surface area contributed by atoms with Gasteiger partial charge >= 0.3 is 6.18 Å². The van der Waals surface area contributed by atoms with Gasteiger partial charge in [0.05, 0.1) is 35.6 Å². The Labute approximate surface area is 187 Å². The average molecular weight is 453 g/mol. The third-order valence-electron chi connectivity index (χ3n) is 5.45. The molecule has 3 aromatic rings. The summed E-state index contributed by atoms with van der Waals surface area (Å²) in [5.74, 6) is -1.00. The number of nitriles is 1. The number of hydrogen-bond acceptors (Lipinski definition) is 4. The van der Waals surface area contributed by atoms with E-state index < -0.39 is 23.6 Å². The van der Waals surface area contributed by atoms with Gasteiger partial charge in [-0.15, -0.1) is 0 Å². The van der Waals surface area contributed by atoms with Gasteiger partial charge in [0.2, 0.25) is 0 Å². The number of amides is 2. The lowest BCUT2D eigenvalue weighted by Crippen LogP contribution is -2.41. The Morgan fingerprint density at radius 2 is 1.91 bits per heavy atom. The summed E-state index contributed by atoms with van der Waals surface area (Å²) in [7, 11) is 0. The standard InChI is InChI=1S/C23H18F3N5O2/c1-2-14-3-4-15(11-16(14)12-27)21(32)29-19-13-28-31-10-9-30(22(33)20(19)31)18-7-5-17(6-8-18)23(24,25)26/h3-8,11,13H,2,9-10H2,1H3,(H,29,32). The maximum Gasteiger partial charge on any atom is 0.416 e. The number of aryl methyl sites for hydroxylation is 1. The largest absolute Gasteiger partial charge is 0.416 e. The molecule has 33 heavy (non-hydrogen) atoms. The van der Waals surface area contributed by atoms with Crippen molar-refractivity contribution in [3.05, 3.63) is 76.6 Å². The van der Waals surface area contributed by atoms with Gasteiger partial charge in [0.25, 0.3) is 11.8 Å². The molecule has 2 amide bonds. The number of nitrogens with zero attached hydrogens (tertiary/aromatic N) is 4. The highest BCUT2D eigenvalue weighted by Crippen LogP contribution is 2.32. The summed E-state index contributed by atoms with van der Waals surface area (Å²) in [6.07, 6.45) is -2.47. The van der Waals surface area contributed by atoms with Crippen LogP contribution in [0.5, 0.6) is 0 Å². The number of alkyl halides is 3. The molecule has 10 heteroatoms. The fourth-order valence-corrected chi connectivity index (χ4v) is 3.70. The van der Waals surface area contributed by atoms with E-state index >= 15 is 0 Å². The van der Waals surface area contributed by atoms with Crippen molar-refractivity contribution in [1.29, 1.82) is 5.26 Å². The number of fused-ring (bicyclic) bond motifs is 1. The van der Waals surface area contributed by atoms with Gasteiger partial charge in [0.15, 0.2) is 0 Å². The summed E-state index contributed by atoms with van der Waals surface area (Å²) >= 11 is 0. The van der Waals surface area contributed by atoms with Gasteiger partial charge in [-0.2, -0.15) is 23.5 Å². The third kappa shape index (κ3) is 4.17. The molecule has 0 atom stereocenters. The number of halogens is 3. The van der Waals surface area contributed by atoms with E-state index in [1.165, 1.54) is 34.0 Å². The van der Waals surface area contributed by atoms with Crippen molar-refractivity contribution in [2.45, 2.75) is 26.1 Å². The van der Waals surface area contributed by atoms with Gasteiger partial charge in [0.1, 0.15) is 5.69 Å². The van der Waals surface area contributed by atoms with Gasteiger partial charge in [-0.25, -0.2) is 0 Å². The summed E-state index contributed by atoms with van der Waals surface area (Å²) < 4.78 is 40.0. The van der Waals surface area contributed by atoms with Crippen molar-refractivity contribution < 1.29 is 22.8 Å². The lowest BCUT2D eigenvalue weighted by molar-refractivity contribution is -0.137. The van der Waals surface area contributed by atoms with Gasteiger partial charge < -0.3 is 10.2 Å². The minimum Gasteiger partial charge on any atom is -0.319 e. The quantitative estimate of drug-likeness (QED) is 0.640. The molecule has 2 aromatic carbocycles. The zero-order valence-electron chi connectivity index (χ0n) is 17.5. The lowest BCUT2D eigenvalue weighted by Gasteiger charge is -2.28. The Hall–Kier alpha value is -4.13. The van der Waals surface area contributed by atoms with Crippen molar-refractivity contribution in [1.82, 2.24) is 9.78 Å². The monoisotopic (exact) mass is 453 g/mol. The van der Waals surface area contributed by atoms with Gasteiger partial charge in [-0.1, -0.05) is 13.0 Å². The van der Waals surface area contributed by atoms with Crippen LogP contribution in [0.2, 0.25) is 0 Å². The molecule has 0 aliphatic carbocycles. The molecule has 0 unspecified atom stereocenters. The first-order valence-electron chi connectivity index (χ1n) is 10.1. The molecular formula is C23H18F3N5O2. The topological polar surface area (TPSA) is 91.0 Å². The van der Waals surface area contributed by atoms with Crippen LogP contribution in [0.1, 0.15) is 44.5 Å². The van der Waals surface area contributed by atoms with E-state index in [2.05, 4.69) is 16.5 Å². The van der Waals surface area contributed by atoms with Crippen LogP contribution in [0.3, 0.4) is 0 Å². The number of carbonyl (C=O) groups is 2. The van der Waals surface area contributed by atoms with E-state index in [4.69, 9.17) is 0 Å². The van der Waals surface area contributed by atoms with Gasteiger partial charge in [0, 0.05) is 17.8 Å². The van der Waals surface area contributed by atoms with Crippen LogP contribution in [0, 0.1) is 11.3 Å². The van der Waals surface area contributed by atoms with Crippen molar-refractivity contribution in [2.24, 2.45) is 0 Å². The van der Waals surface area contributed by atoms with E-state index in [1.807, 2.05) is 6.92 Å². The van der Waals surface area contributed by atoms with Crippen molar-refractivity contribution in [3.8, 4) is 6.07 Å². The van der Waals surface area contributed by atoms with Crippen LogP contribution in [0.25, 0.3) is 0 Å². The Balaban J connectivity index is 1.58. The minimum atomic E-state index is -4.47. The molecule has 2 heterocycles. The second-order valence-electron chi connectivity index (χ2n) is 7.42. The minimum absolute atomic E-state index is 0.125. The molecule has 0 radical (unpaired) electrons. The number of carbonyl (C=O) groups excluding carboxylic acids is 2. The van der Waals surface area contributed by atoms with Crippen LogP contribution < -0.4 is 10.2 Å². The fourth-order valence-electron chi connectivity index (χ4n) is 3.70. The van der Waals surface area contributed by atoms with E-state index in [9.17, 15) is 28.0 Å². The molecule has 0 saturated carbocycles. The summed E-state index contributed by atoms with van der Waals surface area (Å²) in [4.78, 5) is 27.2. The second kappa shape index (κ2) is 8.43. The molecular weight excluding hydrogens is 435 g/mol. The number of rotatable bonds is 4. The van der Waals surface area contributed by atoms with E-state index in [1.54, 1.807) is 12.1 Å². The predicted octanol–water partition coefficient (Wildman–Crippen LogP) is 4.25. The molecule has 0 bridgehead atoms.